The fourth-order valence-electron chi connectivity index (χ4n) is 0.775. The molecule has 2 nitrogen and oxygen atoms in total. The summed E-state index contributed by atoms with van der Waals surface area (Å²) in [4.78, 5) is 12.7. The van der Waals surface area contributed by atoms with E-state index in [1.807, 2.05) is 13.8 Å². The number of amides is 1. The molecule has 0 aromatic rings. The minimum Gasteiger partial charge on any atom is -0.342 e. The summed E-state index contributed by atoms with van der Waals surface area (Å²) in [6, 6.07) is 0. The van der Waals surface area contributed by atoms with Crippen LogP contribution in [-0.4, -0.2) is 23.9 Å². The zero-order valence-electron chi connectivity index (χ0n) is 6.55. The van der Waals surface area contributed by atoms with E-state index in [0.29, 0.717) is 0 Å². The highest BCUT2D eigenvalue weighted by Crippen LogP contribution is 1.91. The maximum atomic E-state index is 11.0. The number of hydrogen-bond donors (Lipinski definition) is 0. The average molecular weight is 139 g/mol. The standard InChI is InChI=1S/C8H13NO/c1-4-7-8(10)9(5-2)6-3/h1H,5-7H2,2-3H3. The lowest BCUT2D eigenvalue weighted by Crippen LogP contribution is -2.29. The Hall–Kier alpha value is -0.970. The first-order valence-corrected chi connectivity index (χ1v) is 3.47. The molecule has 0 aliphatic heterocycles. The van der Waals surface area contributed by atoms with Crippen molar-refractivity contribution in [1.29, 1.82) is 0 Å². The number of nitrogens with zero attached hydrogens (tertiary/aromatic N) is 1. The van der Waals surface area contributed by atoms with Crippen LogP contribution in [-0.2, 0) is 4.79 Å². The number of carbonyl (C=O) groups is 1. The summed E-state index contributed by atoms with van der Waals surface area (Å²) in [5.41, 5.74) is 0. The zero-order chi connectivity index (χ0) is 7.98. The number of hydrogen-bond acceptors (Lipinski definition) is 1. The molecule has 0 bridgehead atoms. The van der Waals surface area contributed by atoms with Gasteiger partial charge in [0.15, 0.2) is 0 Å². The summed E-state index contributed by atoms with van der Waals surface area (Å²) >= 11 is 0. The van der Waals surface area contributed by atoms with Gasteiger partial charge in [0, 0.05) is 13.1 Å². The maximum Gasteiger partial charge on any atom is 0.234 e. The van der Waals surface area contributed by atoms with Gasteiger partial charge in [-0.3, -0.25) is 4.79 Å². The second kappa shape index (κ2) is 4.87. The van der Waals surface area contributed by atoms with E-state index in [2.05, 4.69) is 5.92 Å². The van der Waals surface area contributed by atoms with Gasteiger partial charge in [-0.1, -0.05) is 5.92 Å². The number of carbonyl (C=O) groups excluding carboxylic acids is 1. The molecular weight excluding hydrogens is 126 g/mol. The van der Waals surface area contributed by atoms with E-state index in [1.165, 1.54) is 0 Å². The molecule has 2 heteroatoms. The highest BCUT2D eigenvalue weighted by atomic mass is 16.2. The molecule has 0 spiro atoms. The quantitative estimate of drug-likeness (QED) is 0.531. The van der Waals surface area contributed by atoms with Gasteiger partial charge >= 0.3 is 0 Å². The zero-order valence-corrected chi connectivity index (χ0v) is 6.55. The third kappa shape index (κ3) is 2.54. The normalized spacial score (nSPS) is 8.50. The molecule has 0 fully saturated rings. The Morgan fingerprint density at radius 2 is 2.00 bits per heavy atom. The first-order chi connectivity index (χ1) is 4.76. The predicted octanol–water partition coefficient (Wildman–Crippen LogP) is 0.878. The van der Waals surface area contributed by atoms with Crippen LogP contribution in [0.3, 0.4) is 0 Å². The van der Waals surface area contributed by atoms with E-state index in [1.54, 1.807) is 4.90 Å². The van der Waals surface area contributed by atoms with Crippen molar-refractivity contribution < 1.29 is 4.79 Å². The number of terminal acetylenes is 1. The SMILES string of the molecule is C#CCC(=O)N(CC)CC. The van der Waals surface area contributed by atoms with E-state index in [0.717, 1.165) is 13.1 Å². The molecule has 0 aliphatic carbocycles. The van der Waals surface area contributed by atoms with Crippen molar-refractivity contribution in [3.63, 3.8) is 0 Å². The topological polar surface area (TPSA) is 20.3 Å². The predicted molar refractivity (Wildman–Crippen MR) is 41.4 cm³/mol. The molecule has 0 heterocycles. The first kappa shape index (κ1) is 9.03. The van der Waals surface area contributed by atoms with Crippen LogP contribution in [0.2, 0.25) is 0 Å². The van der Waals surface area contributed by atoms with Crippen molar-refractivity contribution in [1.82, 2.24) is 4.90 Å². The van der Waals surface area contributed by atoms with Crippen molar-refractivity contribution in [2.45, 2.75) is 20.3 Å². The van der Waals surface area contributed by atoms with Gasteiger partial charge in [-0.25, -0.2) is 0 Å². The molecule has 0 aliphatic rings. The van der Waals surface area contributed by atoms with Crippen LogP contribution in [0.25, 0.3) is 0 Å². The molecule has 0 atom stereocenters. The lowest BCUT2D eigenvalue weighted by Gasteiger charge is -2.16. The minimum absolute atomic E-state index is 0.0486. The summed E-state index contributed by atoms with van der Waals surface area (Å²) < 4.78 is 0. The smallest absolute Gasteiger partial charge is 0.234 e. The summed E-state index contributed by atoms with van der Waals surface area (Å²) in [5.74, 6) is 2.37. The molecule has 0 unspecified atom stereocenters. The van der Waals surface area contributed by atoms with Crippen molar-refractivity contribution in [3.8, 4) is 12.3 Å². The first-order valence-electron chi connectivity index (χ1n) is 3.47. The Kier molecular flexibility index (Phi) is 4.39. The minimum atomic E-state index is 0.0486. The third-order valence-electron chi connectivity index (χ3n) is 1.37. The van der Waals surface area contributed by atoms with Gasteiger partial charge in [-0.2, -0.15) is 0 Å². The van der Waals surface area contributed by atoms with Crippen LogP contribution in [0, 0.1) is 12.3 Å². The van der Waals surface area contributed by atoms with Crippen molar-refractivity contribution >= 4 is 5.91 Å². The van der Waals surface area contributed by atoms with Gasteiger partial charge in [0.2, 0.25) is 5.91 Å². The molecule has 0 N–H and O–H groups in total. The second-order valence-corrected chi connectivity index (χ2v) is 1.95. The van der Waals surface area contributed by atoms with Crippen LogP contribution < -0.4 is 0 Å². The molecular formula is C8H13NO. The van der Waals surface area contributed by atoms with Crippen LogP contribution in [0.4, 0.5) is 0 Å². The van der Waals surface area contributed by atoms with Crippen LogP contribution in [0.5, 0.6) is 0 Å². The van der Waals surface area contributed by atoms with E-state index in [4.69, 9.17) is 6.42 Å². The molecule has 10 heavy (non-hydrogen) atoms. The highest BCUT2D eigenvalue weighted by Gasteiger charge is 2.05. The maximum absolute atomic E-state index is 11.0. The Labute approximate surface area is 62.2 Å². The fourth-order valence-corrected chi connectivity index (χ4v) is 0.775. The van der Waals surface area contributed by atoms with Gasteiger partial charge in [0.1, 0.15) is 0 Å². The van der Waals surface area contributed by atoms with Crippen molar-refractivity contribution in [3.05, 3.63) is 0 Å². The summed E-state index contributed by atoms with van der Waals surface area (Å²) in [5, 5.41) is 0. The lowest BCUT2D eigenvalue weighted by molar-refractivity contribution is -0.129. The largest absolute Gasteiger partial charge is 0.342 e. The Bertz CT molecular complexity index is 142. The molecule has 0 aromatic heterocycles. The molecule has 0 saturated carbocycles. The van der Waals surface area contributed by atoms with Gasteiger partial charge in [-0.15, -0.1) is 6.42 Å². The van der Waals surface area contributed by atoms with Gasteiger partial charge < -0.3 is 4.90 Å². The van der Waals surface area contributed by atoms with Gasteiger partial charge in [-0.05, 0) is 13.8 Å². The summed E-state index contributed by atoms with van der Waals surface area (Å²) in [6.45, 7) is 5.38. The Morgan fingerprint density at radius 1 is 1.50 bits per heavy atom. The lowest BCUT2D eigenvalue weighted by atomic mass is 10.3. The molecule has 0 saturated heterocycles. The van der Waals surface area contributed by atoms with E-state index in [-0.39, 0.29) is 12.3 Å². The van der Waals surface area contributed by atoms with E-state index < -0.39 is 0 Å². The fraction of sp³-hybridized carbons (Fsp3) is 0.625. The number of rotatable bonds is 3. The summed E-state index contributed by atoms with van der Waals surface area (Å²) in [6.07, 6.45) is 5.20. The second-order valence-electron chi connectivity index (χ2n) is 1.95. The third-order valence-corrected chi connectivity index (χ3v) is 1.37. The molecule has 0 radical (unpaired) electrons. The van der Waals surface area contributed by atoms with Gasteiger partial charge in [0.25, 0.3) is 0 Å². The van der Waals surface area contributed by atoms with E-state index in [9.17, 15) is 4.79 Å². The Morgan fingerprint density at radius 3 is 2.30 bits per heavy atom. The average Bonchev–Trinajstić information content (AvgIpc) is 1.91. The van der Waals surface area contributed by atoms with Crippen molar-refractivity contribution in [2.75, 3.05) is 13.1 Å². The monoisotopic (exact) mass is 139 g/mol. The van der Waals surface area contributed by atoms with Crippen LogP contribution in [0.15, 0.2) is 0 Å². The van der Waals surface area contributed by atoms with Crippen LogP contribution in [0.1, 0.15) is 20.3 Å². The Balaban J connectivity index is 3.79. The van der Waals surface area contributed by atoms with Crippen LogP contribution >= 0.6 is 0 Å². The molecule has 0 rings (SSSR count). The van der Waals surface area contributed by atoms with Crippen molar-refractivity contribution in [2.24, 2.45) is 0 Å². The van der Waals surface area contributed by atoms with E-state index >= 15 is 0 Å². The summed E-state index contributed by atoms with van der Waals surface area (Å²) in [7, 11) is 0. The molecule has 56 valence electrons. The highest BCUT2D eigenvalue weighted by molar-refractivity contribution is 5.78. The molecule has 1 amide bonds. The molecule has 0 aromatic carbocycles. The van der Waals surface area contributed by atoms with Gasteiger partial charge in [0.05, 0.1) is 6.42 Å².